The Morgan fingerprint density at radius 1 is 1.48 bits per heavy atom. The number of benzene rings is 1. The van der Waals surface area contributed by atoms with Gasteiger partial charge in [-0.15, -0.1) is 0 Å². The van der Waals surface area contributed by atoms with Gasteiger partial charge in [0.25, 0.3) is 0 Å². The van der Waals surface area contributed by atoms with Gasteiger partial charge in [0.2, 0.25) is 5.91 Å². The van der Waals surface area contributed by atoms with Crippen molar-refractivity contribution in [3.8, 4) is 0 Å². The van der Waals surface area contributed by atoms with Crippen LogP contribution in [-0.2, 0) is 9.53 Å². The lowest BCUT2D eigenvalue weighted by atomic mass is 10.1. The molecule has 1 atom stereocenters. The van der Waals surface area contributed by atoms with Crippen LogP contribution in [0.5, 0.6) is 0 Å². The zero-order valence-corrected chi connectivity index (χ0v) is 13.2. The van der Waals surface area contributed by atoms with Crippen LogP contribution in [0.3, 0.4) is 0 Å². The van der Waals surface area contributed by atoms with E-state index in [0.29, 0.717) is 22.5 Å². The highest BCUT2D eigenvalue weighted by Crippen LogP contribution is 2.23. The van der Waals surface area contributed by atoms with Crippen LogP contribution < -0.4 is 11.1 Å². The van der Waals surface area contributed by atoms with Gasteiger partial charge >= 0.3 is 0 Å². The molecule has 1 amide bonds. The summed E-state index contributed by atoms with van der Waals surface area (Å²) in [7, 11) is 1.74. The summed E-state index contributed by atoms with van der Waals surface area (Å²) < 4.78 is 5.35. The molecule has 0 aliphatic carbocycles. The summed E-state index contributed by atoms with van der Waals surface area (Å²) >= 11 is 5.87. The van der Waals surface area contributed by atoms with Crippen LogP contribution in [0.4, 0.5) is 11.4 Å². The zero-order chi connectivity index (χ0) is 15.4. The molecule has 1 aromatic carbocycles. The van der Waals surface area contributed by atoms with Gasteiger partial charge in [0.05, 0.1) is 22.9 Å². The molecule has 1 heterocycles. The van der Waals surface area contributed by atoms with E-state index in [-0.39, 0.29) is 11.9 Å². The number of hydrogen-bond acceptors (Lipinski definition) is 4. The number of amides is 1. The molecule has 2 rings (SSSR count). The van der Waals surface area contributed by atoms with Crippen molar-refractivity contribution >= 4 is 28.9 Å². The number of halogens is 1. The van der Waals surface area contributed by atoms with Gasteiger partial charge in [-0.05, 0) is 38.0 Å². The van der Waals surface area contributed by atoms with Gasteiger partial charge in [-0.1, -0.05) is 11.6 Å². The van der Waals surface area contributed by atoms with Crippen molar-refractivity contribution in [3.63, 3.8) is 0 Å². The van der Waals surface area contributed by atoms with Gasteiger partial charge in [0.1, 0.15) is 0 Å². The topological polar surface area (TPSA) is 67.6 Å². The van der Waals surface area contributed by atoms with Gasteiger partial charge in [0, 0.05) is 25.9 Å². The summed E-state index contributed by atoms with van der Waals surface area (Å²) in [4.78, 5) is 14.5. The Bertz CT molecular complexity index is 502. The first-order valence-electron chi connectivity index (χ1n) is 7.14. The Hall–Kier alpha value is -1.30. The van der Waals surface area contributed by atoms with Crippen LogP contribution in [-0.4, -0.2) is 43.2 Å². The van der Waals surface area contributed by atoms with Crippen molar-refractivity contribution in [1.29, 1.82) is 0 Å². The van der Waals surface area contributed by atoms with Crippen molar-refractivity contribution in [3.05, 3.63) is 23.2 Å². The summed E-state index contributed by atoms with van der Waals surface area (Å²) in [6.45, 7) is 3.66. The minimum absolute atomic E-state index is 0.0346. The predicted molar refractivity (Wildman–Crippen MR) is 85.6 cm³/mol. The van der Waals surface area contributed by atoms with Crippen molar-refractivity contribution in [1.82, 2.24) is 4.90 Å². The third kappa shape index (κ3) is 4.09. The maximum absolute atomic E-state index is 12.3. The van der Waals surface area contributed by atoms with E-state index in [1.165, 1.54) is 0 Å². The number of ether oxygens (including phenoxy) is 1. The number of anilines is 2. The molecule has 1 aromatic rings. The van der Waals surface area contributed by atoms with Crippen LogP contribution >= 0.6 is 11.6 Å². The number of carbonyl (C=O) groups excluding carboxylic acids is 1. The van der Waals surface area contributed by atoms with E-state index in [2.05, 4.69) is 10.2 Å². The van der Waals surface area contributed by atoms with Crippen molar-refractivity contribution < 1.29 is 9.53 Å². The number of nitrogens with zero attached hydrogens (tertiary/aromatic N) is 1. The number of likely N-dealkylation sites (tertiary alicyclic amines) is 1. The SMILES string of the molecule is COC1CCN(C(C)C(=O)Nc2ccc(Cl)c(N)c2)CC1. The fourth-order valence-electron chi connectivity index (χ4n) is 2.53. The molecule has 6 heteroatoms. The lowest BCUT2D eigenvalue weighted by Crippen LogP contribution is -2.47. The molecule has 0 spiro atoms. The molecule has 116 valence electrons. The molecule has 21 heavy (non-hydrogen) atoms. The minimum atomic E-state index is -0.181. The van der Waals surface area contributed by atoms with Crippen LogP contribution in [0.25, 0.3) is 0 Å². The standard InChI is InChI=1S/C15H22ClN3O2/c1-10(19-7-5-12(21-2)6-8-19)15(20)18-11-3-4-13(16)14(17)9-11/h3-4,9-10,12H,5-8,17H2,1-2H3,(H,18,20). The number of hydrogen-bond donors (Lipinski definition) is 2. The molecular formula is C15H22ClN3O2. The van der Waals surface area contributed by atoms with Crippen molar-refractivity contribution in [2.75, 3.05) is 31.2 Å². The summed E-state index contributed by atoms with van der Waals surface area (Å²) in [5, 5.41) is 3.37. The number of rotatable bonds is 4. The second-order valence-electron chi connectivity index (χ2n) is 5.37. The van der Waals surface area contributed by atoms with E-state index in [0.717, 1.165) is 25.9 Å². The first-order chi connectivity index (χ1) is 10.0. The first kappa shape index (κ1) is 16.1. The quantitative estimate of drug-likeness (QED) is 0.838. The van der Waals surface area contributed by atoms with E-state index in [1.54, 1.807) is 25.3 Å². The fraction of sp³-hybridized carbons (Fsp3) is 0.533. The van der Waals surface area contributed by atoms with E-state index in [1.807, 2.05) is 6.92 Å². The molecule has 1 fully saturated rings. The highest BCUT2D eigenvalue weighted by Gasteiger charge is 2.26. The van der Waals surface area contributed by atoms with E-state index in [4.69, 9.17) is 22.1 Å². The lowest BCUT2D eigenvalue weighted by molar-refractivity contribution is -0.121. The van der Waals surface area contributed by atoms with Crippen LogP contribution in [0.1, 0.15) is 19.8 Å². The third-order valence-corrected chi connectivity index (χ3v) is 4.34. The van der Waals surface area contributed by atoms with Gasteiger partial charge in [-0.3, -0.25) is 9.69 Å². The maximum Gasteiger partial charge on any atom is 0.241 e. The maximum atomic E-state index is 12.3. The zero-order valence-electron chi connectivity index (χ0n) is 12.4. The molecule has 0 bridgehead atoms. The van der Waals surface area contributed by atoms with Crippen molar-refractivity contribution in [2.24, 2.45) is 0 Å². The van der Waals surface area contributed by atoms with Gasteiger partial charge in [-0.2, -0.15) is 0 Å². The molecule has 1 unspecified atom stereocenters. The average Bonchev–Trinajstić information content (AvgIpc) is 2.50. The van der Waals surface area contributed by atoms with Gasteiger partial charge < -0.3 is 15.8 Å². The first-order valence-corrected chi connectivity index (χ1v) is 7.51. The second-order valence-corrected chi connectivity index (χ2v) is 5.78. The smallest absolute Gasteiger partial charge is 0.241 e. The molecule has 5 nitrogen and oxygen atoms in total. The Labute approximate surface area is 130 Å². The molecule has 0 aromatic heterocycles. The predicted octanol–water partition coefficient (Wildman–Crippen LogP) is 2.36. The lowest BCUT2D eigenvalue weighted by Gasteiger charge is -2.34. The van der Waals surface area contributed by atoms with Crippen LogP contribution in [0.2, 0.25) is 5.02 Å². The van der Waals surface area contributed by atoms with Crippen LogP contribution in [0, 0.1) is 0 Å². The Morgan fingerprint density at radius 3 is 2.71 bits per heavy atom. The Balaban J connectivity index is 1.92. The summed E-state index contributed by atoms with van der Waals surface area (Å²) in [6, 6.07) is 4.92. The molecular weight excluding hydrogens is 290 g/mol. The summed E-state index contributed by atoms with van der Waals surface area (Å²) in [5.41, 5.74) is 6.87. The number of nitrogens with one attached hydrogen (secondary N) is 1. The van der Waals surface area contributed by atoms with E-state index in [9.17, 15) is 4.79 Å². The number of methoxy groups -OCH3 is 1. The molecule has 0 radical (unpaired) electrons. The molecule has 1 aliphatic heterocycles. The Kier molecular flexibility index (Phi) is 5.45. The highest BCUT2D eigenvalue weighted by atomic mass is 35.5. The number of carbonyl (C=O) groups is 1. The van der Waals surface area contributed by atoms with Crippen molar-refractivity contribution in [2.45, 2.75) is 31.9 Å². The van der Waals surface area contributed by atoms with E-state index < -0.39 is 0 Å². The monoisotopic (exact) mass is 311 g/mol. The normalized spacial score (nSPS) is 18.4. The molecule has 0 saturated carbocycles. The largest absolute Gasteiger partial charge is 0.397 e. The van der Waals surface area contributed by atoms with Crippen LogP contribution in [0.15, 0.2) is 18.2 Å². The number of nitrogens with two attached hydrogens (primary N) is 1. The number of piperidine rings is 1. The average molecular weight is 312 g/mol. The Morgan fingerprint density at radius 2 is 2.14 bits per heavy atom. The fourth-order valence-corrected chi connectivity index (χ4v) is 2.65. The summed E-state index contributed by atoms with van der Waals surface area (Å²) in [6.07, 6.45) is 2.23. The molecule has 1 aliphatic rings. The third-order valence-electron chi connectivity index (χ3n) is 4.00. The van der Waals surface area contributed by atoms with Gasteiger partial charge in [-0.25, -0.2) is 0 Å². The number of nitrogen functional groups attached to an aromatic ring is 1. The van der Waals surface area contributed by atoms with E-state index >= 15 is 0 Å². The minimum Gasteiger partial charge on any atom is -0.397 e. The molecule has 3 N–H and O–H groups in total. The second kappa shape index (κ2) is 7.11. The van der Waals surface area contributed by atoms with Gasteiger partial charge in [0.15, 0.2) is 0 Å². The highest BCUT2D eigenvalue weighted by molar-refractivity contribution is 6.33. The molecule has 1 saturated heterocycles. The summed E-state index contributed by atoms with van der Waals surface area (Å²) in [5.74, 6) is -0.0346.